The molecule has 0 bridgehead atoms. The van der Waals surface area contributed by atoms with Gasteiger partial charge in [0.25, 0.3) is 0 Å². The van der Waals surface area contributed by atoms with Crippen LogP contribution in [0.25, 0.3) is 11.1 Å². The highest BCUT2D eigenvalue weighted by atomic mass is 19.1. The summed E-state index contributed by atoms with van der Waals surface area (Å²) < 4.78 is 14.0. The summed E-state index contributed by atoms with van der Waals surface area (Å²) in [5.41, 5.74) is 2.52. The molecule has 1 heterocycles. The predicted octanol–water partition coefficient (Wildman–Crippen LogP) is 3.43. The molecule has 0 amide bonds. The van der Waals surface area contributed by atoms with E-state index in [4.69, 9.17) is 5.26 Å². The van der Waals surface area contributed by atoms with Crippen molar-refractivity contribution in [3.8, 4) is 17.2 Å². The maximum atomic E-state index is 14.0. The third kappa shape index (κ3) is 3.01. The number of halogens is 1. The highest BCUT2D eigenvalue weighted by molar-refractivity contribution is 5.65. The van der Waals surface area contributed by atoms with Crippen LogP contribution < -0.4 is 5.32 Å². The van der Waals surface area contributed by atoms with Gasteiger partial charge in [-0.1, -0.05) is 13.0 Å². The topological polar surface area (TPSA) is 48.7 Å². The largest absolute Gasteiger partial charge is 0.310 e. The Labute approximate surface area is 118 Å². The number of nitrogens with one attached hydrogen (secondary N) is 1. The number of hydrogen-bond acceptors (Lipinski definition) is 3. The summed E-state index contributed by atoms with van der Waals surface area (Å²) >= 11 is 0. The van der Waals surface area contributed by atoms with Crippen molar-refractivity contribution < 1.29 is 4.39 Å². The summed E-state index contributed by atoms with van der Waals surface area (Å²) in [5, 5.41) is 12.2. The highest BCUT2D eigenvalue weighted by Gasteiger charge is 2.11. The zero-order chi connectivity index (χ0) is 14.5. The van der Waals surface area contributed by atoms with E-state index in [-0.39, 0.29) is 11.9 Å². The lowest BCUT2D eigenvalue weighted by atomic mass is 10.00. The molecule has 1 atom stereocenters. The Hall–Kier alpha value is -2.25. The molecular weight excluding hydrogens is 253 g/mol. The van der Waals surface area contributed by atoms with E-state index in [1.807, 2.05) is 19.9 Å². The van der Waals surface area contributed by atoms with Crippen molar-refractivity contribution in [1.82, 2.24) is 10.3 Å². The first-order valence-electron chi connectivity index (χ1n) is 6.54. The number of benzene rings is 1. The Kier molecular flexibility index (Phi) is 4.44. The molecule has 0 spiro atoms. The molecule has 0 saturated carbocycles. The van der Waals surface area contributed by atoms with Crippen molar-refractivity contribution in [3.63, 3.8) is 0 Å². The molecule has 1 N–H and O–H groups in total. The molecule has 4 heteroatoms. The van der Waals surface area contributed by atoms with Crippen LogP contribution >= 0.6 is 0 Å². The van der Waals surface area contributed by atoms with Gasteiger partial charge in [-0.2, -0.15) is 5.26 Å². The third-order valence-electron chi connectivity index (χ3n) is 3.18. The Balaban J connectivity index is 2.45. The number of aromatic nitrogens is 1. The zero-order valence-electron chi connectivity index (χ0n) is 11.5. The smallest absolute Gasteiger partial charge is 0.131 e. The van der Waals surface area contributed by atoms with Crippen LogP contribution in [0.4, 0.5) is 4.39 Å². The normalized spacial score (nSPS) is 11.9. The van der Waals surface area contributed by atoms with Crippen LogP contribution in [0.15, 0.2) is 36.7 Å². The van der Waals surface area contributed by atoms with Crippen LogP contribution in [-0.2, 0) is 0 Å². The first kappa shape index (κ1) is 14.2. The standard InChI is InChI=1S/C16H16FN3/c1-3-20-11(2)13-4-5-16(17)15(7-13)14-6-12(8-18)9-19-10-14/h4-7,9-11,20H,3H2,1-2H3. The highest BCUT2D eigenvalue weighted by Crippen LogP contribution is 2.26. The number of nitrogens with zero attached hydrogens (tertiary/aromatic N) is 2. The lowest BCUT2D eigenvalue weighted by Gasteiger charge is -2.14. The van der Waals surface area contributed by atoms with Crippen molar-refractivity contribution in [1.29, 1.82) is 5.26 Å². The van der Waals surface area contributed by atoms with Crippen LogP contribution in [0.5, 0.6) is 0 Å². The minimum Gasteiger partial charge on any atom is -0.310 e. The SMILES string of the molecule is CCNC(C)c1ccc(F)c(-c2cncc(C#N)c2)c1. The Morgan fingerprint density at radius 2 is 2.15 bits per heavy atom. The lowest BCUT2D eigenvalue weighted by molar-refractivity contribution is 0.593. The van der Waals surface area contributed by atoms with E-state index in [0.717, 1.165) is 12.1 Å². The quantitative estimate of drug-likeness (QED) is 0.925. The molecule has 1 aromatic carbocycles. The van der Waals surface area contributed by atoms with Gasteiger partial charge in [-0.05, 0) is 37.2 Å². The van der Waals surface area contributed by atoms with Crippen LogP contribution in [0.1, 0.15) is 31.0 Å². The second-order valence-corrected chi connectivity index (χ2v) is 4.59. The Morgan fingerprint density at radius 1 is 1.35 bits per heavy atom. The summed E-state index contributed by atoms with van der Waals surface area (Å²) in [7, 11) is 0. The van der Waals surface area contributed by atoms with Gasteiger partial charge in [0.1, 0.15) is 11.9 Å². The molecule has 0 aliphatic heterocycles. The lowest BCUT2D eigenvalue weighted by Crippen LogP contribution is -2.17. The number of pyridine rings is 1. The van der Waals surface area contributed by atoms with E-state index >= 15 is 0 Å². The van der Waals surface area contributed by atoms with Crippen molar-refractivity contribution in [2.45, 2.75) is 19.9 Å². The summed E-state index contributed by atoms with van der Waals surface area (Å²) in [6.45, 7) is 4.91. The van der Waals surface area contributed by atoms with Gasteiger partial charge in [-0.3, -0.25) is 4.98 Å². The molecule has 3 nitrogen and oxygen atoms in total. The number of rotatable bonds is 4. The van der Waals surface area contributed by atoms with E-state index < -0.39 is 0 Å². The summed E-state index contributed by atoms with van der Waals surface area (Å²) in [4.78, 5) is 3.98. The molecule has 2 rings (SSSR count). The molecule has 20 heavy (non-hydrogen) atoms. The number of nitriles is 1. The second kappa shape index (κ2) is 6.27. The van der Waals surface area contributed by atoms with Crippen LogP contribution in [0.2, 0.25) is 0 Å². The maximum Gasteiger partial charge on any atom is 0.131 e. The average Bonchev–Trinajstić information content (AvgIpc) is 2.48. The van der Waals surface area contributed by atoms with E-state index in [9.17, 15) is 4.39 Å². The van der Waals surface area contributed by atoms with Crippen LogP contribution in [0, 0.1) is 17.1 Å². The molecule has 0 aliphatic rings. The van der Waals surface area contributed by atoms with Gasteiger partial charge in [0.15, 0.2) is 0 Å². The van der Waals surface area contributed by atoms with Gasteiger partial charge < -0.3 is 5.32 Å². The minimum absolute atomic E-state index is 0.145. The molecule has 102 valence electrons. The monoisotopic (exact) mass is 269 g/mol. The van der Waals surface area contributed by atoms with E-state index in [2.05, 4.69) is 10.3 Å². The van der Waals surface area contributed by atoms with Gasteiger partial charge in [0.05, 0.1) is 5.56 Å². The fourth-order valence-corrected chi connectivity index (χ4v) is 2.11. The summed E-state index contributed by atoms with van der Waals surface area (Å²) in [5.74, 6) is -0.311. The molecule has 0 radical (unpaired) electrons. The van der Waals surface area contributed by atoms with Crippen molar-refractivity contribution in [2.75, 3.05) is 6.54 Å². The third-order valence-corrected chi connectivity index (χ3v) is 3.18. The number of hydrogen-bond donors (Lipinski definition) is 1. The second-order valence-electron chi connectivity index (χ2n) is 4.59. The van der Waals surface area contributed by atoms with E-state index in [1.165, 1.54) is 12.3 Å². The molecule has 2 aromatic rings. The fourth-order valence-electron chi connectivity index (χ4n) is 2.11. The Bertz CT molecular complexity index is 646. The van der Waals surface area contributed by atoms with Gasteiger partial charge in [0.2, 0.25) is 0 Å². The van der Waals surface area contributed by atoms with E-state index in [1.54, 1.807) is 24.4 Å². The molecule has 1 aromatic heterocycles. The van der Waals surface area contributed by atoms with Crippen LogP contribution in [-0.4, -0.2) is 11.5 Å². The fraction of sp³-hybridized carbons (Fsp3) is 0.250. The molecular formula is C16H16FN3. The van der Waals surface area contributed by atoms with Gasteiger partial charge in [0, 0.05) is 29.6 Å². The maximum absolute atomic E-state index is 14.0. The zero-order valence-corrected chi connectivity index (χ0v) is 11.5. The summed E-state index contributed by atoms with van der Waals surface area (Å²) in [6, 6.07) is 8.84. The van der Waals surface area contributed by atoms with E-state index in [0.29, 0.717) is 16.7 Å². The Morgan fingerprint density at radius 3 is 2.85 bits per heavy atom. The van der Waals surface area contributed by atoms with Gasteiger partial charge in [-0.15, -0.1) is 0 Å². The molecule has 0 saturated heterocycles. The van der Waals surface area contributed by atoms with Gasteiger partial charge in [-0.25, -0.2) is 4.39 Å². The van der Waals surface area contributed by atoms with Crippen molar-refractivity contribution in [2.24, 2.45) is 0 Å². The first-order chi connectivity index (χ1) is 9.65. The molecule has 1 unspecified atom stereocenters. The average molecular weight is 269 g/mol. The van der Waals surface area contributed by atoms with Crippen LogP contribution in [0.3, 0.4) is 0 Å². The van der Waals surface area contributed by atoms with Gasteiger partial charge >= 0.3 is 0 Å². The predicted molar refractivity (Wildman–Crippen MR) is 76.4 cm³/mol. The first-order valence-corrected chi connectivity index (χ1v) is 6.54. The summed E-state index contributed by atoms with van der Waals surface area (Å²) in [6.07, 6.45) is 3.04. The minimum atomic E-state index is -0.311. The van der Waals surface area contributed by atoms with Crippen molar-refractivity contribution in [3.05, 3.63) is 53.6 Å². The molecule has 0 aliphatic carbocycles. The van der Waals surface area contributed by atoms with Crippen molar-refractivity contribution >= 4 is 0 Å². The molecule has 0 fully saturated rings.